The molecular formula is C37H29N2O2P. The Morgan fingerprint density at radius 1 is 0.786 bits per heavy atom. The summed E-state index contributed by atoms with van der Waals surface area (Å²) in [6, 6.07) is 43.9. The fraction of sp³-hybridized carbons (Fsp3) is 0.135. The minimum atomic E-state index is -2.76. The second-order valence-electron chi connectivity index (χ2n) is 10.3. The van der Waals surface area contributed by atoms with E-state index in [2.05, 4.69) is 54.6 Å². The summed E-state index contributed by atoms with van der Waals surface area (Å²) < 4.78 is 5.43. The predicted octanol–water partition coefficient (Wildman–Crippen LogP) is 6.09. The third-order valence-electron chi connectivity index (χ3n) is 8.20. The Hall–Kier alpha value is -4.89. The van der Waals surface area contributed by atoms with Crippen LogP contribution in [0, 0.1) is 28.1 Å². The van der Waals surface area contributed by atoms with Gasteiger partial charge in [-0.2, -0.15) is 10.5 Å². The zero-order valence-electron chi connectivity index (χ0n) is 23.3. The number of hydrogen-bond acceptors (Lipinski definition) is 4. The molecule has 0 aliphatic heterocycles. The van der Waals surface area contributed by atoms with Gasteiger partial charge < -0.3 is 4.74 Å². The second kappa shape index (κ2) is 11.2. The van der Waals surface area contributed by atoms with Gasteiger partial charge in [0.25, 0.3) is 0 Å². The van der Waals surface area contributed by atoms with Gasteiger partial charge in [0.15, 0.2) is 5.41 Å². The molecule has 0 N–H and O–H groups in total. The van der Waals surface area contributed by atoms with Crippen LogP contribution in [0.15, 0.2) is 132 Å². The number of fused-ring (bicyclic) bond motifs is 2. The molecule has 6 rings (SSSR count). The van der Waals surface area contributed by atoms with E-state index in [4.69, 9.17) is 4.74 Å². The Labute approximate surface area is 246 Å². The van der Waals surface area contributed by atoms with Crippen molar-refractivity contribution >= 4 is 39.6 Å². The number of nitriles is 2. The van der Waals surface area contributed by atoms with Crippen molar-refractivity contribution in [2.45, 2.75) is 19.8 Å². The van der Waals surface area contributed by atoms with Crippen LogP contribution in [0.3, 0.4) is 0 Å². The molecule has 4 aromatic rings. The quantitative estimate of drug-likeness (QED) is 0.167. The van der Waals surface area contributed by atoms with E-state index in [1.165, 1.54) is 6.08 Å². The van der Waals surface area contributed by atoms with E-state index in [0.29, 0.717) is 17.6 Å². The number of hydrogen-bond donors (Lipinski definition) is 0. The lowest BCUT2D eigenvalue weighted by molar-refractivity contribution is -0.137. The van der Waals surface area contributed by atoms with Gasteiger partial charge >= 0.3 is 5.97 Å². The lowest BCUT2D eigenvalue weighted by Crippen LogP contribution is -2.32. The molecule has 5 heteroatoms. The van der Waals surface area contributed by atoms with Crippen molar-refractivity contribution in [3.05, 3.63) is 144 Å². The van der Waals surface area contributed by atoms with Crippen LogP contribution < -0.4 is 15.9 Å². The molecule has 0 amide bonds. The minimum Gasteiger partial charge on any atom is -0.463 e. The molecule has 0 saturated carbocycles. The maximum Gasteiger partial charge on any atom is 0.331 e. The van der Waals surface area contributed by atoms with E-state index in [1.54, 1.807) is 6.92 Å². The van der Waals surface area contributed by atoms with Crippen molar-refractivity contribution in [2.24, 2.45) is 5.41 Å². The monoisotopic (exact) mass is 564 g/mol. The lowest BCUT2D eigenvalue weighted by atomic mass is 9.74. The first kappa shape index (κ1) is 27.3. The molecule has 0 aromatic heterocycles. The normalized spacial score (nSPS) is 16.3. The van der Waals surface area contributed by atoms with Crippen molar-refractivity contribution in [3.63, 3.8) is 0 Å². The number of allylic oxidation sites excluding steroid dienone is 3. The summed E-state index contributed by atoms with van der Waals surface area (Å²) in [4.78, 5) is 13.3. The van der Waals surface area contributed by atoms with Crippen LogP contribution in [-0.4, -0.2) is 17.9 Å². The predicted molar refractivity (Wildman–Crippen MR) is 170 cm³/mol. The van der Waals surface area contributed by atoms with Crippen molar-refractivity contribution in [1.82, 2.24) is 0 Å². The second-order valence-corrected chi connectivity index (χ2v) is 13.7. The molecule has 0 heterocycles. The van der Waals surface area contributed by atoms with Crippen LogP contribution in [0.5, 0.6) is 0 Å². The van der Waals surface area contributed by atoms with E-state index in [1.807, 2.05) is 72.8 Å². The molecule has 42 heavy (non-hydrogen) atoms. The number of nitrogens with zero attached hydrogens (tertiary/aromatic N) is 2. The average Bonchev–Trinajstić information content (AvgIpc) is 3.33. The molecule has 0 bridgehead atoms. The standard InChI is InChI=1S/C37H29N2O2P/c1-2-41-34(40)24-33-36(32-23-22-27-14-12-13-21-31(27)35(32)37(33,25-38)26-39)42(28-15-6-3-7-16-28,29-17-8-4-9-18-29)30-19-10-5-11-20-30/h3-21,24H,2,22-23H2,1H3/b33-24-. The summed E-state index contributed by atoms with van der Waals surface area (Å²) >= 11 is 0. The van der Waals surface area contributed by atoms with Gasteiger partial charge in [-0.05, 0) is 64.6 Å². The SMILES string of the molecule is CCOC(=O)/C=C1/C(=P(c2ccccc2)(c2ccccc2)c2ccccc2)C2=C(c3ccccc3CC2)C1(C#N)C#N. The number of benzene rings is 4. The molecule has 0 fully saturated rings. The van der Waals surface area contributed by atoms with E-state index >= 15 is 0 Å². The topological polar surface area (TPSA) is 73.9 Å². The van der Waals surface area contributed by atoms with Crippen LogP contribution in [0.1, 0.15) is 24.5 Å². The van der Waals surface area contributed by atoms with Crippen LogP contribution in [-0.2, 0) is 16.0 Å². The maximum atomic E-state index is 13.3. The van der Waals surface area contributed by atoms with Gasteiger partial charge in [0, 0.05) is 17.2 Å². The van der Waals surface area contributed by atoms with Crippen LogP contribution in [0.4, 0.5) is 0 Å². The van der Waals surface area contributed by atoms with Crippen LogP contribution in [0.2, 0.25) is 0 Å². The number of ether oxygens (including phenoxy) is 1. The molecule has 2 aliphatic rings. The van der Waals surface area contributed by atoms with E-state index in [0.717, 1.165) is 44.3 Å². The van der Waals surface area contributed by atoms with Gasteiger partial charge in [-0.15, -0.1) is 0 Å². The average molecular weight is 565 g/mol. The van der Waals surface area contributed by atoms with Crippen molar-refractivity contribution in [1.29, 1.82) is 10.5 Å². The molecular weight excluding hydrogens is 535 g/mol. The molecule has 204 valence electrons. The zero-order chi connectivity index (χ0) is 29.2. The molecule has 0 unspecified atom stereocenters. The highest BCUT2D eigenvalue weighted by atomic mass is 31.2. The molecule has 0 atom stereocenters. The highest BCUT2D eigenvalue weighted by molar-refractivity contribution is 7.96. The van der Waals surface area contributed by atoms with Gasteiger partial charge in [-0.3, -0.25) is 0 Å². The van der Waals surface area contributed by atoms with Crippen molar-refractivity contribution in [3.8, 4) is 12.1 Å². The van der Waals surface area contributed by atoms with Crippen LogP contribution in [0.25, 0.3) is 5.57 Å². The maximum absolute atomic E-state index is 13.3. The van der Waals surface area contributed by atoms with Gasteiger partial charge in [0.05, 0.1) is 18.7 Å². The van der Waals surface area contributed by atoms with E-state index in [-0.39, 0.29) is 6.61 Å². The van der Waals surface area contributed by atoms with E-state index in [9.17, 15) is 15.3 Å². The molecule has 2 aliphatic carbocycles. The summed E-state index contributed by atoms with van der Waals surface area (Å²) in [6.07, 6.45) is 2.85. The smallest absolute Gasteiger partial charge is 0.331 e. The number of carbonyl (C=O) groups is 1. The lowest BCUT2D eigenvalue weighted by Gasteiger charge is -2.34. The Balaban J connectivity index is 1.94. The van der Waals surface area contributed by atoms with Crippen molar-refractivity contribution < 1.29 is 9.53 Å². The summed E-state index contributed by atoms with van der Waals surface area (Å²) in [5.74, 6) is -0.555. The first-order chi connectivity index (χ1) is 20.6. The summed E-state index contributed by atoms with van der Waals surface area (Å²) in [5, 5.41) is 26.1. The van der Waals surface area contributed by atoms with E-state index < -0.39 is 18.3 Å². The van der Waals surface area contributed by atoms with Gasteiger partial charge in [-0.1, -0.05) is 115 Å². The highest BCUT2D eigenvalue weighted by Gasteiger charge is 2.54. The van der Waals surface area contributed by atoms with Crippen LogP contribution >= 0.6 is 6.89 Å². The third kappa shape index (κ3) is 4.08. The molecule has 4 nitrogen and oxygen atoms in total. The summed E-state index contributed by atoms with van der Waals surface area (Å²) in [5.41, 5.74) is 2.43. The fourth-order valence-corrected chi connectivity index (χ4v) is 11.3. The summed E-state index contributed by atoms with van der Waals surface area (Å²) in [7, 11) is 0. The number of esters is 1. The molecule has 0 spiro atoms. The fourth-order valence-electron chi connectivity index (χ4n) is 6.58. The highest BCUT2D eigenvalue weighted by Crippen LogP contribution is 2.61. The number of rotatable bonds is 5. The molecule has 0 saturated heterocycles. The Morgan fingerprint density at radius 3 is 1.79 bits per heavy atom. The minimum absolute atomic E-state index is 0.191. The van der Waals surface area contributed by atoms with Crippen molar-refractivity contribution in [2.75, 3.05) is 6.61 Å². The Morgan fingerprint density at radius 2 is 1.29 bits per heavy atom. The summed E-state index contributed by atoms with van der Waals surface area (Å²) in [6.45, 7) is -0.812. The van der Waals surface area contributed by atoms with Gasteiger partial charge in [0.1, 0.15) is 0 Å². The Kier molecular flexibility index (Phi) is 7.26. The first-order valence-electron chi connectivity index (χ1n) is 14.1. The molecule has 0 radical (unpaired) electrons. The number of aryl methyl sites for hydroxylation is 1. The largest absolute Gasteiger partial charge is 0.463 e. The molecule has 4 aromatic carbocycles. The third-order valence-corrected chi connectivity index (χ3v) is 12.6. The first-order valence-corrected chi connectivity index (χ1v) is 15.9. The zero-order valence-corrected chi connectivity index (χ0v) is 24.2. The van der Waals surface area contributed by atoms with Gasteiger partial charge in [-0.25, -0.2) is 4.79 Å². The Bertz CT molecular complexity index is 1760. The van der Waals surface area contributed by atoms with Gasteiger partial charge in [0.2, 0.25) is 0 Å². The number of carbonyl (C=O) groups excluding carboxylic acids is 1.